The Kier molecular flexibility index (Phi) is 54.0. The van der Waals surface area contributed by atoms with E-state index in [1.54, 1.807) is 0 Å². The van der Waals surface area contributed by atoms with Crippen molar-refractivity contribution in [1.29, 1.82) is 0 Å². The van der Waals surface area contributed by atoms with Crippen LogP contribution in [0.3, 0.4) is 0 Å². The first kappa shape index (κ1) is 65.4. The largest absolute Gasteiger partial charge is 0.462 e. The van der Waals surface area contributed by atoms with Gasteiger partial charge in [-0.25, -0.2) is 0 Å². The molecule has 0 bridgehead atoms. The van der Waals surface area contributed by atoms with Crippen LogP contribution >= 0.6 is 0 Å². The Labute approximate surface area is 418 Å². The molecule has 0 aliphatic heterocycles. The van der Waals surface area contributed by atoms with E-state index in [0.29, 0.717) is 19.3 Å². The highest BCUT2D eigenvalue weighted by molar-refractivity contribution is 5.71. The molecule has 6 heteroatoms. The first-order chi connectivity index (χ1) is 32.9. The molecule has 0 spiro atoms. The summed E-state index contributed by atoms with van der Waals surface area (Å²) in [6.45, 7) is 9.08. The zero-order valence-corrected chi connectivity index (χ0v) is 45.9. The van der Waals surface area contributed by atoms with Crippen molar-refractivity contribution in [2.45, 2.75) is 355 Å². The van der Waals surface area contributed by atoms with E-state index in [-0.39, 0.29) is 31.1 Å². The van der Waals surface area contributed by atoms with E-state index in [1.807, 2.05) is 0 Å². The Hall–Kier alpha value is -1.59. The van der Waals surface area contributed by atoms with Crippen LogP contribution in [0.4, 0.5) is 0 Å². The van der Waals surface area contributed by atoms with Crippen LogP contribution in [0, 0.1) is 5.92 Å². The van der Waals surface area contributed by atoms with Crippen molar-refractivity contribution in [3.8, 4) is 0 Å². The highest BCUT2D eigenvalue weighted by Gasteiger charge is 2.19. The fourth-order valence-electron chi connectivity index (χ4n) is 9.46. The van der Waals surface area contributed by atoms with Crippen LogP contribution < -0.4 is 0 Å². The number of ether oxygens (including phenoxy) is 3. The molecule has 0 saturated heterocycles. The zero-order chi connectivity index (χ0) is 48.8. The summed E-state index contributed by atoms with van der Waals surface area (Å²) < 4.78 is 16.9. The van der Waals surface area contributed by atoms with Crippen LogP contribution in [-0.2, 0) is 28.6 Å². The topological polar surface area (TPSA) is 78.9 Å². The summed E-state index contributed by atoms with van der Waals surface area (Å²) in [5, 5.41) is 0. The van der Waals surface area contributed by atoms with Gasteiger partial charge in [0.1, 0.15) is 13.2 Å². The van der Waals surface area contributed by atoms with Crippen molar-refractivity contribution in [2.24, 2.45) is 5.92 Å². The Morgan fingerprint density at radius 3 is 0.731 bits per heavy atom. The maximum absolute atomic E-state index is 12.9. The van der Waals surface area contributed by atoms with E-state index in [4.69, 9.17) is 14.2 Å². The summed E-state index contributed by atoms with van der Waals surface area (Å²) in [7, 11) is 0. The number of hydrogen-bond donors (Lipinski definition) is 0. The maximum atomic E-state index is 12.9. The van der Waals surface area contributed by atoms with Gasteiger partial charge in [-0.3, -0.25) is 14.4 Å². The molecule has 0 aromatic heterocycles. The number of carbonyl (C=O) groups is 3. The van der Waals surface area contributed by atoms with Gasteiger partial charge in [-0.15, -0.1) is 0 Å². The quantitative estimate of drug-likeness (QED) is 0.0343. The Morgan fingerprint density at radius 2 is 0.493 bits per heavy atom. The monoisotopic (exact) mass is 947 g/mol. The van der Waals surface area contributed by atoms with E-state index in [9.17, 15) is 14.4 Å². The zero-order valence-electron chi connectivity index (χ0n) is 45.9. The van der Waals surface area contributed by atoms with Crippen LogP contribution in [0.1, 0.15) is 349 Å². The van der Waals surface area contributed by atoms with Crippen molar-refractivity contribution in [1.82, 2.24) is 0 Å². The van der Waals surface area contributed by atoms with E-state index in [2.05, 4.69) is 27.7 Å². The highest BCUT2D eigenvalue weighted by atomic mass is 16.6. The lowest BCUT2D eigenvalue weighted by molar-refractivity contribution is -0.167. The van der Waals surface area contributed by atoms with Crippen molar-refractivity contribution in [2.75, 3.05) is 13.2 Å². The SMILES string of the molecule is CCCCCCCCCCCCCCCCCCCCC(=O)O[C@H](COC(=O)CCCCCCCCCCCCCC)COC(=O)CCCCCCCCCCCCCCCCCCC(C)C. The summed E-state index contributed by atoms with van der Waals surface area (Å²) in [6, 6.07) is 0. The van der Waals surface area contributed by atoms with Crippen LogP contribution in [0.5, 0.6) is 0 Å². The Balaban J connectivity index is 4.25. The van der Waals surface area contributed by atoms with Gasteiger partial charge < -0.3 is 14.2 Å². The molecule has 398 valence electrons. The number of esters is 3. The van der Waals surface area contributed by atoms with Gasteiger partial charge in [0.05, 0.1) is 0 Å². The van der Waals surface area contributed by atoms with Crippen molar-refractivity contribution in [3.05, 3.63) is 0 Å². The highest BCUT2D eigenvalue weighted by Crippen LogP contribution is 2.18. The molecule has 0 rings (SSSR count). The third-order valence-corrected chi connectivity index (χ3v) is 14.0. The lowest BCUT2D eigenvalue weighted by Gasteiger charge is -2.18. The fraction of sp³-hybridized carbons (Fsp3) is 0.951. The van der Waals surface area contributed by atoms with Gasteiger partial charge in [0.15, 0.2) is 6.10 Å². The third kappa shape index (κ3) is 55.2. The van der Waals surface area contributed by atoms with Gasteiger partial charge >= 0.3 is 17.9 Å². The third-order valence-electron chi connectivity index (χ3n) is 14.0. The fourth-order valence-corrected chi connectivity index (χ4v) is 9.46. The molecule has 0 aromatic carbocycles. The molecule has 0 amide bonds. The number of hydrogen-bond acceptors (Lipinski definition) is 6. The van der Waals surface area contributed by atoms with Gasteiger partial charge in [-0.05, 0) is 25.2 Å². The van der Waals surface area contributed by atoms with Crippen molar-refractivity contribution >= 4 is 17.9 Å². The second-order valence-corrected chi connectivity index (χ2v) is 21.5. The molecular formula is C61H118O6. The lowest BCUT2D eigenvalue weighted by atomic mass is 10.0. The minimum Gasteiger partial charge on any atom is -0.462 e. The van der Waals surface area contributed by atoms with Gasteiger partial charge in [0.25, 0.3) is 0 Å². The number of unbranched alkanes of at least 4 members (excludes halogenated alkanes) is 43. The van der Waals surface area contributed by atoms with E-state index < -0.39 is 6.10 Å². The van der Waals surface area contributed by atoms with Crippen molar-refractivity contribution < 1.29 is 28.6 Å². The second kappa shape index (κ2) is 55.3. The van der Waals surface area contributed by atoms with E-state index >= 15 is 0 Å². The molecule has 0 heterocycles. The molecule has 0 radical (unpaired) electrons. The molecule has 0 unspecified atom stereocenters. The Bertz CT molecular complexity index is 1010. The molecule has 0 saturated carbocycles. The van der Waals surface area contributed by atoms with E-state index in [1.165, 1.54) is 244 Å². The average Bonchev–Trinajstić information content (AvgIpc) is 3.31. The van der Waals surface area contributed by atoms with Crippen LogP contribution in [-0.4, -0.2) is 37.2 Å². The van der Waals surface area contributed by atoms with Gasteiger partial charge in [0, 0.05) is 19.3 Å². The predicted octanol–water partition coefficient (Wildman–Crippen LogP) is 20.2. The minimum absolute atomic E-state index is 0.0615. The standard InChI is InChI=1S/C61H118O6/c1-5-7-9-11-13-15-17-19-20-21-22-27-30-34-38-42-46-50-54-61(64)67-58(55-65-59(62)52-48-44-40-36-32-18-16-14-12-10-8-6-2)56-66-60(63)53-49-45-41-37-33-29-26-24-23-25-28-31-35-39-43-47-51-57(3)4/h57-58H,5-56H2,1-4H3/t58-/m1/s1. The Morgan fingerprint density at radius 1 is 0.284 bits per heavy atom. The molecule has 6 nitrogen and oxygen atoms in total. The molecule has 0 aromatic rings. The van der Waals surface area contributed by atoms with Gasteiger partial charge in [-0.1, -0.05) is 310 Å². The summed E-state index contributed by atoms with van der Waals surface area (Å²) in [6.07, 6.45) is 61.0. The van der Waals surface area contributed by atoms with Gasteiger partial charge in [0.2, 0.25) is 0 Å². The van der Waals surface area contributed by atoms with Crippen LogP contribution in [0.15, 0.2) is 0 Å². The normalized spacial score (nSPS) is 12.0. The number of rotatable bonds is 56. The molecule has 67 heavy (non-hydrogen) atoms. The molecular weight excluding hydrogens is 829 g/mol. The molecule has 0 N–H and O–H groups in total. The van der Waals surface area contributed by atoms with Crippen LogP contribution in [0.25, 0.3) is 0 Å². The first-order valence-electron chi connectivity index (χ1n) is 30.4. The number of carbonyl (C=O) groups excluding carboxylic acids is 3. The molecule has 0 fully saturated rings. The van der Waals surface area contributed by atoms with Gasteiger partial charge in [-0.2, -0.15) is 0 Å². The predicted molar refractivity (Wildman–Crippen MR) is 289 cm³/mol. The molecule has 0 aliphatic carbocycles. The summed E-state index contributed by atoms with van der Waals surface area (Å²) in [5.74, 6) is 0.0211. The first-order valence-corrected chi connectivity index (χ1v) is 30.4. The molecule has 1 atom stereocenters. The lowest BCUT2D eigenvalue weighted by Crippen LogP contribution is -2.30. The summed E-state index contributed by atoms with van der Waals surface area (Å²) >= 11 is 0. The second-order valence-electron chi connectivity index (χ2n) is 21.5. The maximum Gasteiger partial charge on any atom is 0.306 e. The van der Waals surface area contributed by atoms with Crippen LogP contribution in [0.2, 0.25) is 0 Å². The van der Waals surface area contributed by atoms with E-state index in [0.717, 1.165) is 63.7 Å². The summed E-state index contributed by atoms with van der Waals surface area (Å²) in [4.78, 5) is 38.2. The van der Waals surface area contributed by atoms with Crippen molar-refractivity contribution in [3.63, 3.8) is 0 Å². The minimum atomic E-state index is -0.762. The summed E-state index contributed by atoms with van der Waals surface area (Å²) in [5.41, 5.74) is 0. The average molecular weight is 948 g/mol. The molecule has 0 aliphatic rings. The smallest absolute Gasteiger partial charge is 0.306 e.